The lowest BCUT2D eigenvalue weighted by molar-refractivity contribution is 0.660. The van der Waals surface area contributed by atoms with Crippen LogP contribution in [-0.4, -0.2) is 18.6 Å². The first-order chi connectivity index (χ1) is 25.0. The van der Waals surface area contributed by atoms with E-state index in [1.807, 2.05) is 0 Å². The molecule has 10 rings (SSSR count). The predicted octanol–water partition coefficient (Wildman–Crippen LogP) is 10.6. The van der Waals surface area contributed by atoms with Gasteiger partial charge in [-0.15, -0.1) is 0 Å². The molecule has 3 aliphatic heterocycles. The van der Waals surface area contributed by atoms with Crippen molar-refractivity contribution in [1.29, 1.82) is 0 Å². The lowest BCUT2D eigenvalue weighted by Gasteiger charge is -2.46. The van der Waals surface area contributed by atoms with Crippen molar-refractivity contribution < 1.29 is 0 Å². The molecule has 0 bridgehead atoms. The second kappa shape index (κ2) is 11.5. The van der Waals surface area contributed by atoms with Gasteiger partial charge in [-0.05, 0) is 121 Å². The third kappa shape index (κ3) is 4.81. The summed E-state index contributed by atoms with van der Waals surface area (Å²) in [5.41, 5.74) is 17.9. The highest BCUT2D eigenvalue weighted by Gasteiger charge is 2.45. The monoisotopic (exact) mass is 650 g/mol. The van der Waals surface area contributed by atoms with Crippen molar-refractivity contribution in [3.8, 4) is 44.5 Å². The standard InChI is InChI=1S/C47H36B2N2/c1-47(2)43-18-10-9-17-41(43)42-30-45-46(31-44(42)47)50-26-23-37(32-49(50)51-25-12-11-24-48(45)51)40-28-38(34-15-7-4-8-16-34)27-39(29-40)36-21-19-35(20-22-36)33-13-5-3-6-14-33/h3-32H,1-2H3. The topological polar surface area (TPSA) is 6.48 Å². The molecular weight excluding hydrogens is 614 g/mol. The fraction of sp³-hybridized carbons (Fsp3) is 0.0638. The molecule has 6 aromatic rings. The van der Waals surface area contributed by atoms with Crippen molar-refractivity contribution in [2.75, 3.05) is 4.81 Å². The van der Waals surface area contributed by atoms with E-state index >= 15 is 0 Å². The number of hydrogen-bond donors (Lipinski definition) is 0. The normalized spacial score (nSPS) is 15.9. The molecule has 51 heavy (non-hydrogen) atoms. The maximum Gasteiger partial charge on any atom is 0.395 e. The van der Waals surface area contributed by atoms with Crippen LogP contribution in [0, 0.1) is 0 Å². The van der Waals surface area contributed by atoms with Crippen molar-refractivity contribution in [1.82, 2.24) is 4.72 Å². The number of rotatable bonds is 4. The Kier molecular flexibility index (Phi) is 6.76. The molecular formula is C47H36B2N2. The van der Waals surface area contributed by atoms with E-state index in [-0.39, 0.29) is 19.2 Å². The summed E-state index contributed by atoms with van der Waals surface area (Å²) in [6.07, 6.45) is 11.3. The Morgan fingerprint density at radius 3 is 1.84 bits per heavy atom. The summed E-state index contributed by atoms with van der Waals surface area (Å²) in [4.78, 5) is 2.47. The minimum Gasteiger partial charge on any atom is -0.437 e. The Labute approximate surface area is 301 Å². The molecule has 4 heteroatoms. The molecule has 0 saturated carbocycles. The lowest BCUT2D eigenvalue weighted by Crippen LogP contribution is -2.64. The van der Waals surface area contributed by atoms with Crippen molar-refractivity contribution in [2.45, 2.75) is 19.3 Å². The SMILES string of the molecule is CC1(C)c2ccccc2-c2cc3c(cc21)N1C=CC(c2cc(-c4ccccc4)cc(-c4ccc(-c5ccccc5)cc4)c2)=CB1N1C=CC=CB31. The Bertz CT molecular complexity index is 2460. The second-order valence-electron chi connectivity index (χ2n) is 14.6. The second-order valence-corrected chi connectivity index (χ2v) is 14.6. The molecule has 4 aliphatic rings. The van der Waals surface area contributed by atoms with Crippen molar-refractivity contribution in [3.05, 3.63) is 199 Å². The van der Waals surface area contributed by atoms with Crippen molar-refractivity contribution >= 4 is 30.6 Å². The minimum absolute atomic E-state index is 0.0441. The van der Waals surface area contributed by atoms with Crippen LogP contribution in [0.2, 0.25) is 0 Å². The average molecular weight is 650 g/mol. The maximum atomic E-state index is 2.51. The van der Waals surface area contributed by atoms with Gasteiger partial charge in [-0.2, -0.15) is 0 Å². The molecule has 0 fully saturated rings. The highest BCUT2D eigenvalue weighted by Crippen LogP contribution is 2.50. The minimum atomic E-state index is -0.0516. The summed E-state index contributed by atoms with van der Waals surface area (Å²) < 4.78 is 2.51. The van der Waals surface area contributed by atoms with Gasteiger partial charge < -0.3 is 9.53 Å². The van der Waals surface area contributed by atoms with Gasteiger partial charge in [-0.1, -0.05) is 147 Å². The van der Waals surface area contributed by atoms with Crippen LogP contribution < -0.4 is 10.3 Å². The van der Waals surface area contributed by atoms with E-state index in [2.05, 4.69) is 205 Å². The average Bonchev–Trinajstić information content (AvgIpc) is 3.43. The molecule has 0 atom stereocenters. The fourth-order valence-electron chi connectivity index (χ4n) is 8.68. The van der Waals surface area contributed by atoms with Gasteiger partial charge in [-0.3, -0.25) is 0 Å². The van der Waals surface area contributed by atoms with E-state index in [0.717, 1.165) is 0 Å². The van der Waals surface area contributed by atoms with E-state index in [1.54, 1.807) is 0 Å². The molecule has 0 unspecified atom stereocenters. The number of hydrogen-bond acceptors (Lipinski definition) is 2. The molecule has 0 amide bonds. The summed E-state index contributed by atoms with van der Waals surface area (Å²) in [5, 5.41) is 0. The molecule has 0 spiro atoms. The van der Waals surface area contributed by atoms with Crippen LogP contribution in [0.15, 0.2) is 182 Å². The molecule has 0 aromatic heterocycles. The van der Waals surface area contributed by atoms with Gasteiger partial charge in [0.2, 0.25) is 0 Å². The molecule has 0 radical (unpaired) electrons. The number of fused-ring (bicyclic) bond motifs is 9. The molecule has 0 saturated heterocycles. The van der Waals surface area contributed by atoms with E-state index in [1.165, 1.54) is 77.9 Å². The number of anilines is 1. The highest BCUT2D eigenvalue weighted by atomic mass is 15.2. The number of benzene rings is 6. The van der Waals surface area contributed by atoms with Crippen LogP contribution in [0.5, 0.6) is 0 Å². The molecule has 6 aromatic carbocycles. The zero-order valence-electron chi connectivity index (χ0n) is 28.9. The molecule has 1 aliphatic carbocycles. The Hall–Kier alpha value is -5.99. The quantitative estimate of drug-likeness (QED) is 0.175. The van der Waals surface area contributed by atoms with E-state index in [4.69, 9.17) is 0 Å². The summed E-state index contributed by atoms with van der Waals surface area (Å²) in [5.74, 6) is 4.81. The summed E-state index contributed by atoms with van der Waals surface area (Å²) in [6, 6.07) is 51.3. The van der Waals surface area contributed by atoms with Crippen LogP contribution in [0.25, 0.3) is 50.1 Å². The van der Waals surface area contributed by atoms with E-state index < -0.39 is 0 Å². The molecule has 240 valence electrons. The zero-order valence-corrected chi connectivity index (χ0v) is 28.9. The van der Waals surface area contributed by atoms with Gasteiger partial charge in [0.05, 0.1) is 0 Å². The predicted molar refractivity (Wildman–Crippen MR) is 218 cm³/mol. The van der Waals surface area contributed by atoms with Gasteiger partial charge in [0.15, 0.2) is 0 Å². The first kappa shape index (κ1) is 29.9. The molecule has 2 nitrogen and oxygen atoms in total. The molecule has 0 N–H and O–H groups in total. The zero-order chi connectivity index (χ0) is 34.1. The van der Waals surface area contributed by atoms with Crippen LogP contribution >= 0.6 is 0 Å². The fourth-order valence-corrected chi connectivity index (χ4v) is 8.68. The summed E-state index contributed by atoms with van der Waals surface area (Å²) >= 11 is 0. The maximum absolute atomic E-state index is 2.51. The van der Waals surface area contributed by atoms with Crippen LogP contribution in [0.3, 0.4) is 0 Å². The Morgan fingerprint density at radius 2 is 1.12 bits per heavy atom. The van der Waals surface area contributed by atoms with Crippen molar-refractivity contribution in [2.24, 2.45) is 0 Å². The van der Waals surface area contributed by atoms with Crippen LogP contribution in [0.4, 0.5) is 5.69 Å². The largest absolute Gasteiger partial charge is 0.437 e. The highest BCUT2D eigenvalue weighted by molar-refractivity contribution is 6.91. The van der Waals surface area contributed by atoms with Crippen LogP contribution in [-0.2, 0) is 5.41 Å². The van der Waals surface area contributed by atoms with Crippen molar-refractivity contribution in [3.63, 3.8) is 0 Å². The Morgan fingerprint density at radius 1 is 0.510 bits per heavy atom. The third-order valence-electron chi connectivity index (χ3n) is 11.3. The number of allylic oxidation sites excluding steroid dienone is 4. The first-order valence-corrected chi connectivity index (χ1v) is 18.0. The lowest BCUT2D eigenvalue weighted by atomic mass is 9.42. The number of nitrogens with zero attached hydrogens (tertiary/aromatic N) is 2. The third-order valence-corrected chi connectivity index (χ3v) is 11.3. The van der Waals surface area contributed by atoms with E-state index in [0.29, 0.717) is 0 Å². The summed E-state index contributed by atoms with van der Waals surface area (Å²) in [7, 11) is 0. The summed E-state index contributed by atoms with van der Waals surface area (Å²) in [6.45, 7) is 4.95. The van der Waals surface area contributed by atoms with E-state index in [9.17, 15) is 0 Å². The smallest absolute Gasteiger partial charge is 0.395 e. The van der Waals surface area contributed by atoms with Gasteiger partial charge in [0, 0.05) is 11.1 Å². The van der Waals surface area contributed by atoms with Gasteiger partial charge in [0.1, 0.15) is 0 Å². The van der Waals surface area contributed by atoms with Gasteiger partial charge >= 0.3 is 13.8 Å². The Balaban J connectivity index is 1.08. The molecule has 3 heterocycles. The van der Waals surface area contributed by atoms with Gasteiger partial charge in [-0.25, -0.2) is 0 Å². The van der Waals surface area contributed by atoms with Crippen LogP contribution in [0.1, 0.15) is 30.5 Å². The first-order valence-electron chi connectivity index (χ1n) is 18.0. The van der Waals surface area contributed by atoms with Gasteiger partial charge in [0.25, 0.3) is 0 Å².